The SMILES string of the molecule is Cc1c(-c2ccnn2S(=O)(=O)c2ccc(Cl)cc2)sc2ccc(Cl)cc12. The third kappa shape index (κ3) is 2.83. The predicted molar refractivity (Wildman–Crippen MR) is 107 cm³/mol. The summed E-state index contributed by atoms with van der Waals surface area (Å²) in [7, 11) is -3.83. The topological polar surface area (TPSA) is 52.0 Å². The first-order valence-corrected chi connectivity index (χ1v) is 10.6. The summed E-state index contributed by atoms with van der Waals surface area (Å²) in [6.45, 7) is 1.96. The van der Waals surface area contributed by atoms with Crippen LogP contribution in [0.1, 0.15) is 5.56 Å². The van der Waals surface area contributed by atoms with Gasteiger partial charge in [-0.15, -0.1) is 11.3 Å². The second-order valence-electron chi connectivity index (χ2n) is 5.72. The zero-order valence-corrected chi connectivity index (χ0v) is 16.6. The summed E-state index contributed by atoms with van der Waals surface area (Å²) in [6.07, 6.45) is 1.49. The summed E-state index contributed by atoms with van der Waals surface area (Å²) in [4.78, 5) is 0.978. The van der Waals surface area contributed by atoms with Crippen LogP contribution in [0.4, 0.5) is 0 Å². The van der Waals surface area contributed by atoms with E-state index in [-0.39, 0.29) is 4.90 Å². The Morgan fingerprint density at radius 3 is 2.42 bits per heavy atom. The van der Waals surface area contributed by atoms with Crippen LogP contribution in [0.5, 0.6) is 0 Å². The summed E-state index contributed by atoms with van der Waals surface area (Å²) in [5, 5.41) is 6.20. The molecule has 2 heterocycles. The van der Waals surface area contributed by atoms with Gasteiger partial charge in [-0.1, -0.05) is 23.2 Å². The average Bonchev–Trinajstić information content (AvgIpc) is 3.21. The zero-order valence-electron chi connectivity index (χ0n) is 13.5. The van der Waals surface area contributed by atoms with Crippen LogP contribution in [-0.4, -0.2) is 17.6 Å². The van der Waals surface area contributed by atoms with E-state index in [1.807, 2.05) is 25.1 Å². The lowest BCUT2D eigenvalue weighted by Crippen LogP contribution is -2.15. The number of hydrogen-bond donors (Lipinski definition) is 0. The molecule has 4 aromatic rings. The van der Waals surface area contributed by atoms with Gasteiger partial charge in [0.2, 0.25) is 0 Å². The fraction of sp³-hybridized carbons (Fsp3) is 0.0556. The lowest BCUT2D eigenvalue weighted by Gasteiger charge is -2.08. The van der Waals surface area contributed by atoms with Crippen molar-refractivity contribution in [2.24, 2.45) is 0 Å². The minimum atomic E-state index is -3.83. The Kier molecular flexibility index (Phi) is 4.31. The molecule has 8 heteroatoms. The lowest BCUT2D eigenvalue weighted by molar-refractivity contribution is 0.581. The van der Waals surface area contributed by atoms with Gasteiger partial charge in [0, 0.05) is 14.7 Å². The lowest BCUT2D eigenvalue weighted by atomic mass is 10.1. The first-order chi connectivity index (χ1) is 12.4. The van der Waals surface area contributed by atoms with Crippen LogP contribution in [0.25, 0.3) is 20.7 Å². The van der Waals surface area contributed by atoms with Gasteiger partial charge in [0.15, 0.2) is 0 Å². The van der Waals surface area contributed by atoms with E-state index in [4.69, 9.17) is 23.2 Å². The van der Waals surface area contributed by atoms with Crippen LogP contribution < -0.4 is 0 Å². The number of thiophene rings is 1. The Hall–Kier alpha value is -1.86. The molecule has 0 spiro atoms. The van der Waals surface area contributed by atoms with E-state index in [2.05, 4.69) is 5.10 Å². The Bertz CT molecular complexity index is 1230. The van der Waals surface area contributed by atoms with Gasteiger partial charge in [-0.3, -0.25) is 0 Å². The molecule has 4 rings (SSSR count). The molecular formula is C18H12Cl2N2O2S2. The number of rotatable bonds is 3. The maximum atomic E-state index is 13.0. The quantitative estimate of drug-likeness (QED) is 0.430. The van der Waals surface area contributed by atoms with Gasteiger partial charge >= 0.3 is 0 Å². The molecule has 0 radical (unpaired) electrons. The number of aryl methyl sites for hydroxylation is 1. The average molecular weight is 423 g/mol. The second kappa shape index (κ2) is 6.39. The molecule has 0 saturated heterocycles. The van der Waals surface area contributed by atoms with Crippen molar-refractivity contribution in [2.45, 2.75) is 11.8 Å². The van der Waals surface area contributed by atoms with Crippen LogP contribution in [-0.2, 0) is 10.0 Å². The van der Waals surface area contributed by atoms with Gasteiger partial charge < -0.3 is 0 Å². The summed E-state index contributed by atoms with van der Waals surface area (Å²) in [5.74, 6) is 0. The van der Waals surface area contributed by atoms with Crippen molar-refractivity contribution in [3.63, 3.8) is 0 Å². The molecule has 132 valence electrons. The minimum absolute atomic E-state index is 0.133. The molecule has 0 atom stereocenters. The Labute approximate surface area is 164 Å². The molecule has 0 saturated carbocycles. The maximum absolute atomic E-state index is 13.0. The largest absolute Gasteiger partial charge is 0.283 e. The molecule has 0 aliphatic carbocycles. The second-order valence-corrected chi connectivity index (χ2v) is 9.41. The summed E-state index contributed by atoms with van der Waals surface area (Å²) >= 11 is 13.5. The number of fused-ring (bicyclic) bond motifs is 1. The molecular weight excluding hydrogens is 411 g/mol. The molecule has 0 amide bonds. The van der Waals surface area contributed by atoms with Gasteiger partial charge in [0.25, 0.3) is 10.0 Å². The highest BCUT2D eigenvalue weighted by atomic mass is 35.5. The highest BCUT2D eigenvalue weighted by Crippen LogP contribution is 2.39. The Morgan fingerprint density at radius 2 is 1.69 bits per heavy atom. The summed E-state index contributed by atoms with van der Waals surface area (Å²) < 4.78 is 28.1. The monoisotopic (exact) mass is 422 g/mol. The number of halogens is 2. The highest BCUT2D eigenvalue weighted by molar-refractivity contribution is 7.90. The van der Waals surface area contributed by atoms with Gasteiger partial charge in [-0.25, -0.2) is 0 Å². The minimum Gasteiger partial charge on any atom is -0.199 e. The third-order valence-corrected chi connectivity index (χ3v) is 7.48. The van der Waals surface area contributed by atoms with E-state index in [9.17, 15) is 8.42 Å². The van der Waals surface area contributed by atoms with Gasteiger partial charge in [-0.2, -0.15) is 17.6 Å². The van der Waals surface area contributed by atoms with Crippen molar-refractivity contribution in [1.82, 2.24) is 9.19 Å². The molecule has 0 N–H and O–H groups in total. The number of benzene rings is 2. The third-order valence-electron chi connectivity index (χ3n) is 4.08. The van der Waals surface area contributed by atoms with E-state index in [0.29, 0.717) is 15.7 Å². The van der Waals surface area contributed by atoms with Crippen molar-refractivity contribution in [3.8, 4) is 10.6 Å². The maximum Gasteiger partial charge on any atom is 0.283 e. The zero-order chi connectivity index (χ0) is 18.5. The van der Waals surface area contributed by atoms with E-state index >= 15 is 0 Å². The fourth-order valence-electron chi connectivity index (χ4n) is 2.79. The Balaban J connectivity index is 1.90. The summed E-state index contributed by atoms with van der Waals surface area (Å²) in [5.41, 5.74) is 1.50. The molecule has 0 aliphatic heterocycles. The molecule has 26 heavy (non-hydrogen) atoms. The smallest absolute Gasteiger partial charge is 0.199 e. The van der Waals surface area contributed by atoms with Crippen LogP contribution in [0, 0.1) is 6.92 Å². The van der Waals surface area contributed by atoms with E-state index in [1.165, 1.54) is 29.7 Å². The summed E-state index contributed by atoms with van der Waals surface area (Å²) in [6, 6.07) is 13.4. The van der Waals surface area contributed by atoms with Gasteiger partial charge in [0.1, 0.15) is 0 Å². The normalized spacial score (nSPS) is 12.0. The fourth-order valence-corrected chi connectivity index (χ4v) is 5.61. The van der Waals surface area contributed by atoms with Crippen LogP contribution in [0.2, 0.25) is 10.0 Å². The van der Waals surface area contributed by atoms with Crippen molar-refractivity contribution < 1.29 is 8.42 Å². The van der Waals surface area contributed by atoms with E-state index in [1.54, 1.807) is 18.2 Å². The molecule has 2 aromatic carbocycles. The predicted octanol–water partition coefficient (Wildman–Crippen LogP) is 5.62. The van der Waals surface area contributed by atoms with Gasteiger partial charge in [0.05, 0.1) is 21.7 Å². The first kappa shape index (κ1) is 17.5. The number of nitrogens with zero attached hydrogens (tertiary/aromatic N) is 2. The van der Waals surface area contributed by atoms with E-state index < -0.39 is 10.0 Å². The Morgan fingerprint density at radius 1 is 1.00 bits per heavy atom. The van der Waals surface area contributed by atoms with Crippen LogP contribution in [0.15, 0.2) is 59.6 Å². The van der Waals surface area contributed by atoms with Crippen molar-refractivity contribution in [2.75, 3.05) is 0 Å². The highest BCUT2D eigenvalue weighted by Gasteiger charge is 2.24. The molecule has 0 unspecified atom stereocenters. The molecule has 2 aromatic heterocycles. The van der Waals surface area contributed by atoms with Crippen molar-refractivity contribution in [3.05, 3.63) is 70.3 Å². The standard InChI is InChI=1S/C18H12Cl2N2O2S2/c1-11-15-10-13(20)4-7-17(15)25-18(11)16-8-9-21-22(16)26(23,24)14-5-2-12(19)3-6-14/h2-10H,1H3. The first-order valence-electron chi connectivity index (χ1n) is 7.62. The van der Waals surface area contributed by atoms with Gasteiger partial charge in [-0.05, 0) is 66.4 Å². The van der Waals surface area contributed by atoms with Crippen molar-refractivity contribution >= 4 is 54.6 Å². The van der Waals surface area contributed by atoms with Crippen LogP contribution in [0.3, 0.4) is 0 Å². The van der Waals surface area contributed by atoms with Crippen molar-refractivity contribution in [1.29, 1.82) is 0 Å². The molecule has 0 aliphatic rings. The van der Waals surface area contributed by atoms with E-state index in [0.717, 1.165) is 24.6 Å². The number of aromatic nitrogens is 2. The molecule has 0 fully saturated rings. The number of hydrogen-bond acceptors (Lipinski definition) is 4. The molecule has 0 bridgehead atoms. The molecule has 4 nitrogen and oxygen atoms in total. The van der Waals surface area contributed by atoms with Crippen LogP contribution >= 0.6 is 34.5 Å².